The number of rotatable bonds is 7. The molecule has 4 rings (SSSR count). The van der Waals surface area contributed by atoms with E-state index in [-0.39, 0.29) is 24.3 Å². The second-order valence-electron chi connectivity index (χ2n) is 7.55. The third-order valence-corrected chi connectivity index (χ3v) is 4.62. The van der Waals surface area contributed by atoms with E-state index in [4.69, 9.17) is 4.74 Å². The van der Waals surface area contributed by atoms with Gasteiger partial charge in [0.25, 0.3) is 5.91 Å². The lowest BCUT2D eigenvalue weighted by atomic mass is 10.1. The molecular formula is C23H24N6O2. The molecule has 1 amide bonds. The van der Waals surface area contributed by atoms with Crippen LogP contribution in [0.3, 0.4) is 0 Å². The highest BCUT2D eigenvalue weighted by atomic mass is 16.5. The molecule has 31 heavy (non-hydrogen) atoms. The van der Waals surface area contributed by atoms with Gasteiger partial charge >= 0.3 is 0 Å². The standard InChI is InChI=1S/C23H24N6O2/c1-16-5-4-6-19(10-16)13-29-14-24-23(27-29)25-22(30)21-7-8-28(26-21)15-31-20-11-17(2)9-18(3)12-20/h4-12,14H,13,15H2,1-3H3,(H,25,27,30). The van der Waals surface area contributed by atoms with Crippen molar-refractivity contribution >= 4 is 11.9 Å². The van der Waals surface area contributed by atoms with Gasteiger partial charge in [0.2, 0.25) is 5.95 Å². The maximum absolute atomic E-state index is 12.5. The van der Waals surface area contributed by atoms with E-state index in [2.05, 4.69) is 32.6 Å². The first-order valence-corrected chi connectivity index (χ1v) is 9.95. The molecule has 2 aromatic heterocycles. The number of nitrogens with one attached hydrogen (secondary N) is 1. The predicted molar refractivity (Wildman–Crippen MR) is 117 cm³/mol. The van der Waals surface area contributed by atoms with Gasteiger partial charge in [0, 0.05) is 6.20 Å². The van der Waals surface area contributed by atoms with Crippen LogP contribution in [0.2, 0.25) is 0 Å². The van der Waals surface area contributed by atoms with Gasteiger partial charge in [0.1, 0.15) is 12.1 Å². The molecule has 158 valence electrons. The molecule has 4 aromatic rings. The highest BCUT2D eigenvalue weighted by molar-refractivity contribution is 6.01. The van der Waals surface area contributed by atoms with E-state index in [0.717, 1.165) is 22.4 Å². The third-order valence-electron chi connectivity index (χ3n) is 4.62. The molecular weight excluding hydrogens is 392 g/mol. The Morgan fingerprint density at radius 1 is 0.968 bits per heavy atom. The minimum Gasteiger partial charge on any atom is -0.471 e. The van der Waals surface area contributed by atoms with Crippen molar-refractivity contribution in [2.75, 3.05) is 5.32 Å². The molecule has 0 aliphatic heterocycles. The molecule has 0 bridgehead atoms. The van der Waals surface area contributed by atoms with Crippen molar-refractivity contribution in [1.29, 1.82) is 0 Å². The number of nitrogens with zero attached hydrogens (tertiary/aromatic N) is 5. The Balaban J connectivity index is 1.34. The number of amides is 1. The minimum atomic E-state index is -0.376. The molecule has 0 saturated carbocycles. The first-order valence-electron chi connectivity index (χ1n) is 9.95. The highest BCUT2D eigenvalue weighted by Crippen LogP contribution is 2.16. The SMILES string of the molecule is Cc1cccc(Cn2cnc(NC(=O)c3ccn(COc4cc(C)cc(C)c4)n3)n2)c1. The lowest BCUT2D eigenvalue weighted by molar-refractivity contribution is 0.101. The van der Waals surface area contributed by atoms with Gasteiger partial charge in [-0.25, -0.2) is 14.3 Å². The normalized spacial score (nSPS) is 10.8. The number of anilines is 1. The second kappa shape index (κ2) is 8.83. The van der Waals surface area contributed by atoms with E-state index in [1.807, 2.05) is 51.1 Å². The van der Waals surface area contributed by atoms with E-state index in [0.29, 0.717) is 6.54 Å². The Morgan fingerprint density at radius 2 is 1.77 bits per heavy atom. The molecule has 0 atom stereocenters. The van der Waals surface area contributed by atoms with Crippen molar-refractivity contribution in [3.63, 3.8) is 0 Å². The average Bonchev–Trinajstić information content (AvgIpc) is 3.35. The first kappa shape index (κ1) is 20.3. The molecule has 8 nitrogen and oxygen atoms in total. The number of hydrogen-bond acceptors (Lipinski definition) is 5. The van der Waals surface area contributed by atoms with E-state index >= 15 is 0 Å². The zero-order valence-electron chi connectivity index (χ0n) is 17.7. The van der Waals surface area contributed by atoms with Gasteiger partial charge < -0.3 is 4.74 Å². The molecule has 0 aliphatic rings. The number of carbonyl (C=O) groups is 1. The minimum absolute atomic E-state index is 0.208. The van der Waals surface area contributed by atoms with Gasteiger partial charge in [-0.3, -0.25) is 10.1 Å². The zero-order chi connectivity index (χ0) is 21.8. The first-order chi connectivity index (χ1) is 14.9. The van der Waals surface area contributed by atoms with Crippen molar-refractivity contribution in [2.45, 2.75) is 34.0 Å². The fourth-order valence-corrected chi connectivity index (χ4v) is 3.30. The van der Waals surface area contributed by atoms with Crippen LogP contribution in [0.15, 0.2) is 61.1 Å². The van der Waals surface area contributed by atoms with Crippen molar-refractivity contribution in [2.24, 2.45) is 0 Å². The van der Waals surface area contributed by atoms with Gasteiger partial charge in [-0.05, 0) is 55.7 Å². The molecule has 0 spiro atoms. The summed E-state index contributed by atoms with van der Waals surface area (Å²) in [7, 11) is 0. The number of aromatic nitrogens is 5. The lowest BCUT2D eigenvalue weighted by Gasteiger charge is -2.08. The topological polar surface area (TPSA) is 86.9 Å². The lowest BCUT2D eigenvalue weighted by Crippen LogP contribution is -2.15. The van der Waals surface area contributed by atoms with Crippen LogP contribution in [0.4, 0.5) is 5.95 Å². The molecule has 0 radical (unpaired) electrons. The fourth-order valence-electron chi connectivity index (χ4n) is 3.30. The molecule has 2 heterocycles. The van der Waals surface area contributed by atoms with Gasteiger partial charge in [0.15, 0.2) is 12.4 Å². The Hall–Kier alpha value is -3.94. The Kier molecular flexibility index (Phi) is 5.79. The largest absolute Gasteiger partial charge is 0.471 e. The van der Waals surface area contributed by atoms with Gasteiger partial charge in [0.05, 0.1) is 6.54 Å². The summed E-state index contributed by atoms with van der Waals surface area (Å²) in [6.07, 6.45) is 3.29. The van der Waals surface area contributed by atoms with Crippen molar-refractivity contribution < 1.29 is 9.53 Å². The summed E-state index contributed by atoms with van der Waals surface area (Å²) < 4.78 is 9.02. The van der Waals surface area contributed by atoms with Crippen LogP contribution in [-0.2, 0) is 13.3 Å². The number of ether oxygens (including phenoxy) is 1. The van der Waals surface area contributed by atoms with Crippen LogP contribution < -0.4 is 10.1 Å². The van der Waals surface area contributed by atoms with Crippen LogP contribution in [0.25, 0.3) is 0 Å². The van der Waals surface area contributed by atoms with E-state index < -0.39 is 0 Å². The molecule has 1 N–H and O–H groups in total. The third kappa shape index (κ3) is 5.36. The predicted octanol–water partition coefficient (Wildman–Crippen LogP) is 3.74. The summed E-state index contributed by atoms with van der Waals surface area (Å²) in [4.78, 5) is 16.6. The van der Waals surface area contributed by atoms with Gasteiger partial charge in [-0.15, -0.1) is 5.10 Å². The molecule has 8 heteroatoms. The number of benzene rings is 2. The molecule has 0 saturated heterocycles. The van der Waals surface area contributed by atoms with Crippen molar-refractivity contribution in [3.05, 3.63) is 89.0 Å². The Labute approximate surface area is 180 Å². The Morgan fingerprint density at radius 3 is 2.55 bits per heavy atom. The van der Waals surface area contributed by atoms with Crippen LogP contribution in [-0.4, -0.2) is 30.5 Å². The smallest absolute Gasteiger partial charge is 0.278 e. The summed E-state index contributed by atoms with van der Waals surface area (Å²) in [5, 5.41) is 11.3. The summed E-state index contributed by atoms with van der Waals surface area (Å²) in [5.41, 5.74) is 4.82. The Bertz CT molecular complexity index is 1190. The summed E-state index contributed by atoms with van der Waals surface area (Å²) >= 11 is 0. The number of aryl methyl sites for hydroxylation is 3. The maximum Gasteiger partial charge on any atom is 0.278 e. The van der Waals surface area contributed by atoms with Gasteiger partial charge in [-0.2, -0.15) is 5.10 Å². The number of carbonyl (C=O) groups excluding carboxylic acids is 1. The van der Waals surface area contributed by atoms with Crippen LogP contribution in [0, 0.1) is 20.8 Å². The molecule has 0 unspecified atom stereocenters. The highest BCUT2D eigenvalue weighted by Gasteiger charge is 2.13. The van der Waals surface area contributed by atoms with Crippen LogP contribution >= 0.6 is 0 Å². The monoisotopic (exact) mass is 416 g/mol. The summed E-state index contributed by atoms with van der Waals surface area (Å²) in [6, 6.07) is 15.8. The maximum atomic E-state index is 12.5. The average molecular weight is 416 g/mol. The van der Waals surface area contributed by atoms with E-state index in [1.165, 1.54) is 5.56 Å². The summed E-state index contributed by atoms with van der Waals surface area (Å²) in [5.74, 6) is 0.625. The zero-order valence-corrected chi connectivity index (χ0v) is 17.7. The van der Waals surface area contributed by atoms with E-state index in [1.54, 1.807) is 28.0 Å². The van der Waals surface area contributed by atoms with Crippen molar-refractivity contribution in [1.82, 2.24) is 24.5 Å². The quantitative estimate of drug-likeness (QED) is 0.496. The van der Waals surface area contributed by atoms with E-state index in [9.17, 15) is 4.79 Å². The van der Waals surface area contributed by atoms with Crippen molar-refractivity contribution in [3.8, 4) is 5.75 Å². The van der Waals surface area contributed by atoms with Gasteiger partial charge in [-0.1, -0.05) is 35.9 Å². The van der Waals surface area contributed by atoms with Crippen LogP contribution in [0.5, 0.6) is 5.75 Å². The summed E-state index contributed by atoms with van der Waals surface area (Å²) in [6.45, 7) is 6.87. The molecule has 0 fully saturated rings. The van der Waals surface area contributed by atoms with Crippen LogP contribution in [0.1, 0.15) is 32.7 Å². The molecule has 0 aliphatic carbocycles. The molecule has 2 aromatic carbocycles. The number of hydrogen-bond donors (Lipinski definition) is 1. The fraction of sp³-hybridized carbons (Fsp3) is 0.217. The second-order valence-corrected chi connectivity index (χ2v) is 7.55.